The maximum Gasteiger partial charge on any atom is 0.412 e. The van der Waals surface area contributed by atoms with Crippen LogP contribution >= 0.6 is 27.5 Å². The molecular weight excluding hydrogens is 628 g/mol. The SMILES string of the molecule is CCOC(=O)CNC(=O)c1c(Cl)nc(CC)n1Cc1ccc2oc(-c3ccccc3NC(=O)OC(C)(C)C)c(Br)c2c1. The van der Waals surface area contributed by atoms with Crippen LogP contribution in [0.3, 0.4) is 0 Å². The van der Waals surface area contributed by atoms with Gasteiger partial charge in [-0.1, -0.05) is 36.7 Å². The van der Waals surface area contributed by atoms with Crippen LogP contribution in [0, 0.1) is 0 Å². The Morgan fingerprint density at radius 1 is 1.12 bits per heavy atom. The van der Waals surface area contributed by atoms with Crippen LogP contribution in [-0.2, 0) is 27.2 Å². The molecule has 0 spiro atoms. The third-order valence-electron chi connectivity index (χ3n) is 6.07. The molecule has 10 nitrogen and oxygen atoms in total. The summed E-state index contributed by atoms with van der Waals surface area (Å²) in [6.45, 7) is 9.23. The number of amides is 2. The number of hydrogen-bond acceptors (Lipinski definition) is 7. The van der Waals surface area contributed by atoms with Crippen LogP contribution in [0.5, 0.6) is 0 Å². The summed E-state index contributed by atoms with van der Waals surface area (Å²) in [5, 5.41) is 6.21. The Labute approximate surface area is 256 Å². The minimum absolute atomic E-state index is 0.0511. The monoisotopic (exact) mass is 658 g/mol. The van der Waals surface area contributed by atoms with Crippen molar-refractivity contribution in [2.24, 2.45) is 0 Å². The maximum atomic E-state index is 13.0. The topological polar surface area (TPSA) is 125 Å². The van der Waals surface area contributed by atoms with Crippen molar-refractivity contribution in [1.29, 1.82) is 0 Å². The number of fused-ring (bicyclic) bond motifs is 1. The molecule has 2 N–H and O–H groups in total. The number of rotatable bonds is 9. The summed E-state index contributed by atoms with van der Waals surface area (Å²) in [5.41, 5.74) is 2.20. The molecule has 12 heteroatoms. The molecule has 2 aromatic heterocycles. The van der Waals surface area contributed by atoms with Gasteiger partial charge in [0.1, 0.15) is 29.2 Å². The van der Waals surface area contributed by atoms with Crippen LogP contribution in [-0.4, -0.2) is 46.3 Å². The van der Waals surface area contributed by atoms with E-state index in [1.165, 1.54) is 0 Å². The quantitative estimate of drug-likeness (QED) is 0.186. The number of nitrogens with zero attached hydrogens (tertiary/aromatic N) is 2. The van der Waals surface area contributed by atoms with Crippen molar-refractivity contribution in [3.8, 4) is 11.3 Å². The van der Waals surface area contributed by atoms with Crippen molar-refractivity contribution < 1.29 is 28.3 Å². The number of para-hydroxylation sites is 1. The van der Waals surface area contributed by atoms with E-state index in [1.54, 1.807) is 38.3 Å². The zero-order valence-corrected chi connectivity index (χ0v) is 26.3. The number of halogens is 2. The molecule has 0 radical (unpaired) electrons. The van der Waals surface area contributed by atoms with Crippen LogP contribution in [0.2, 0.25) is 5.15 Å². The normalized spacial score (nSPS) is 11.4. The first-order chi connectivity index (χ1) is 19.9. The Morgan fingerprint density at radius 2 is 1.86 bits per heavy atom. The van der Waals surface area contributed by atoms with E-state index < -0.39 is 23.6 Å². The Morgan fingerprint density at radius 3 is 2.55 bits per heavy atom. The third kappa shape index (κ3) is 7.14. The molecule has 42 heavy (non-hydrogen) atoms. The van der Waals surface area contributed by atoms with Crippen molar-refractivity contribution in [3.63, 3.8) is 0 Å². The number of aryl methyl sites for hydroxylation is 1. The number of nitrogens with one attached hydrogen (secondary N) is 2. The fourth-order valence-electron chi connectivity index (χ4n) is 4.34. The molecule has 2 amide bonds. The van der Waals surface area contributed by atoms with E-state index in [4.69, 9.17) is 25.5 Å². The first kappa shape index (κ1) is 31.1. The van der Waals surface area contributed by atoms with Crippen LogP contribution in [0.1, 0.15) is 56.5 Å². The number of benzene rings is 2. The summed E-state index contributed by atoms with van der Waals surface area (Å²) in [5.74, 6) is 0.0862. The second kappa shape index (κ2) is 13.0. The number of furan rings is 1. The van der Waals surface area contributed by atoms with E-state index >= 15 is 0 Å². The molecule has 2 heterocycles. The second-order valence-corrected chi connectivity index (χ2v) is 11.5. The number of carbonyl (C=O) groups excluding carboxylic acids is 3. The van der Waals surface area contributed by atoms with Gasteiger partial charge in [-0.15, -0.1) is 0 Å². The van der Waals surface area contributed by atoms with Crippen LogP contribution in [0.4, 0.5) is 10.5 Å². The highest BCUT2D eigenvalue weighted by atomic mass is 79.9. The van der Waals surface area contributed by atoms with E-state index in [-0.39, 0.29) is 24.0 Å². The highest BCUT2D eigenvalue weighted by molar-refractivity contribution is 9.10. The zero-order valence-electron chi connectivity index (χ0n) is 24.0. The van der Waals surface area contributed by atoms with Gasteiger partial charge in [-0.25, -0.2) is 9.78 Å². The highest BCUT2D eigenvalue weighted by Gasteiger charge is 2.24. The van der Waals surface area contributed by atoms with Gasteiger partial charge in [0.15, 0.2) is 10.9 Å². The molecular formula is C30H32BrClN4O6. The lowest BCUT2D eigenvalue weighted by atomic mass is 10.1. The van der Waals surface area contributed by atoms with E-state index in [9.17, 15) is 14.4 Å². The first-order valence-corrected chi connectivity index (χ1v) is 14.6. The number of aromatic nitrogens is 2. The van der Waals surface area contributed by atoms with Gasteiger partial charge in [0.2, 0.25) is 0 Å². The lowest BCUT2D eigenvalue weighted by Crippen LogP contribution is -2.32. The highest BCUT2D eigenvalue weighted by Crippen LogP contribution is 2.41. The Hall–Kier alpha value is -3.83. The number of esters is 1. The molecule has 0 fully saturated rings. The molecule has 0 aliphatic carbocycles. The van der Waals surface area contributed by atoms with Crippen LogP contribution in [0.15, 0.2) is 51.4 Å². The molecule has 0 saturated carbocycles. The van der Waals surface area contributed by atoms with E-state index in [2.05, 4.69) is 31.5 Å². The minimum Gasteiger partial charge on any atom is -0.465 e. The predicted molar refractivity (Wildman–Crippen MR) is 164 cm³/mol. The van der Waals surface area contributed by atoms with Crippen molar-refractivity contribution in [2.75, 3.05) is 18.5 Å². The number of ether oxygens (including phenoxy) is 2. The lowest BCUT2D eigenvalue weighted by Gasteiger charge is -2.20. The van der Waals surface area contributed by atoms with E-state index in [0.29, 0.717) is 45.9 Å². The molecule has 2 aromatic carbocycles. The summed E-state index contributed by atoms with van der Waals surface area (Å²) >= 11 is 10.1. The standard InChI is InChI=1S/C30H32BrClN4O6/c1-6-22-35-27(32)25(28(38)33-15-23(37)40-7-2)36(22)16-17-12-13-21-19(14-17)24(31)26(41-21)18-10-8-9-11-20(18)34-29(39)42-30(3,4)5/h8-14H,6-7,15-16H2,1-5H3,(H,33,38)(H,34,39). The first-order valence-electron chi connectivity index (χ1n) is 13.4. The fraction of sp³-hybridized carbons (Fsp3) is 0.333. The molecule has 0 bridgehead atoms. The summed E-state index contributed by atoms with van der Waals surface area (Å²) in [7, 11) is 0. The summed E-state index contributed by atoms with van der Waals surface area (Å²) in [4.78, 5) is 41.6. The average Bonchev–Trinajstić information content (AvgIpc) is 3.42. The molecule has 4 aromatic rings. The summed E-state index contributed by atoms with van der Waals surface area (Å²) in [6, 6.07) is 13.0. The van der Waals surface area contributed by atoms with Crippen molar-refractivity contribution in [1.82, 2.24) is 14.9 Å². The Bertz CT molecular complexity index is 1640. The Kier molecular flexibility index (Phi) is 9.63. The number of carbonyl (C=O) groups is 3. The fourth-order valence-corrected chi connectivity index (χ4v) is 5.23. The Balaban J connectivity index is 1.65. The number of hydrogen-bond donors (Lipinski definition) is 2. The van der Waals surface area contributed by atoms with Gasteiger partial charge in [-0.3, -0.25) is 14.9 Å². The number of imidazole rings is 1. The zero-order chi connectivity index (χ0) is 30.6. The van der Waals surface area contributed by atoms with Gasteiger partial charge in [-0.05, 0) is 73.5 Å². The predicted octanol–water partition coefficient (Wildman–Crippen LogP) is 6.96. The third-order valence-corrected chi connectivity index (χ3v) is 7.12. The molecule has 0 atom stereocenters. The average molecular weight is 660 g/mol. The minimum atomic E-state index is -0.645. The molecule has 0 aliphatic heterocycles. The molecule has 0 aliphatic rings. The van der Waals surface area contributed by atoms with Gasteiger partial charge in [0, 0.05) is 23.9 Å². The van der Waals surface area contributed by atoms with Gasteiger partial charge in [-0.2, -0.15) is 0 Å². The van der Waals surface area contributed by atoms with Crippen LogP contribution in [0.25, 0.3) is 22.3 Å². The van der Waals surface area contributed by atoms with Gasteiger partial charge < -0.3 is 23.8 Å². The van der Waals surface area contributed by atoms with E-state index in [0.717, 1.165) is 10.9 Å². The molecule has 4 rings (SSSR count). The van der Waals surface area contributed by atoms with Gasteiger partial charge in [0.05, 0.1) is 16.8 Å². The summed E-state index contributed by atoms with van der Waals surface area (Å²) in [6.07, 6.45) is -0.0361. The van der Waals surface area contributed by atoms with Crippen molar-refractivity contribution >= 4 is 62.2 Å². The van der Waals surface area contributed by atoms with Crippen LogP contribution < -0.4 is 10.6 Å². The maximum absolute atomic E-state index is 13.0. The molecule has 0 saturated heterocycles. The smallest absolute Gasteiger partial charge is 0.412 e. The second-order valence-electron chi connectivity index (χ2n) is 10.3. The van der Waals surface area contributed by atoms with Gasteiger partial charge >= 0.3 is 12.1 Å². The van der Waals surface area contributed by atoms with Gasteiger partial charge in [0.25, 0.3) is 5.91 Å². The van der Waals surface area contributed by atoms with Crippen molar-refractivity contribution in [2.45, 2.75) is 53.2 Å². The summed E-state index contributed by atoms with van der Waals surface area (Å²) < 4.78 is 19.0. The largest absolute Gasteiger partial charge is 0.465 e. The molecule has 222 valence electrons. The van der Waals surface area contributed by atoms with E-state index in [1.807, 2.05) is 43.3 Å². The number of anilines is 1. The lowest BCUT2D eigenvalue weighted by molar-refractivity contribution is -0.141. The molecule has 0 unspecified atom stereocenters. The van der Waals surface area contributed by atoms with Crippen molar-refractivity contribution in [3.05, 3.63) is 69.2 Å².